The topological polar surface area (TPSA) is 43.4 Å². The number of carbonyl (C=O) groups is 2. The van der Waals surface area contributed by atoms with E-state index in [1.54, 1.807) is 36.4 Å². The second-order valence-corrected chi connectivity index (χ2v) is 6.66. The Morgan fingerprint density at radius 2 is 1.32 bits per heavy atom. The van der Waals surface area contributed by atoms with Gasteiger partial charge in [0.05, 0.1) is 12.2 Å². The summed E-state index contributed by atoms with van der Waals surface area (Å²) in [6, 6.07) is 24.3. The van der Waals surface area contributed by atoms with Gasteiger partial charge in [-0.2, -0.15) is 0 Å². The third-order valence-corrected chi connectivity index (χ3v) is 4.63. The summed E-state index contributed by atoms with van der Waals surface area (Å²) >= 11 is 0. The van der Waals surface area contributed by atoms with E-state index in [0.29, 0.717) is 23.3 Å². The Bertz CT molecular complexity index is 928. The Labute approximate surface area is 166 Å². The maximum Gasteiger partial charge on any atom is 0.338 e. The van der Waals surface area contributed by atoms with Gasteiger partial charge in [0.15, 0.2) is 5.78 Å². The standard InChI is InChI=1S/C25H24O3/c1-2-3-9-18-28-25(27)23-13-8-7-12-22(23)24(26)21-16-14-20(15-17-21)19-10-5-4-6-11-19/h4-8,10-17H,2-3,9,18H2,1H3. The molecule has 3 aromatic rings. The van der Waals surface area contributed by atoms with Gasteiger partial charge in [0, 0.05) is 11.1 Å². The van der Waals surface area contributed by atoms with Crippen LogP contribution >= 0.6 is 0 Å². The highest BCUT2D eigenvalue weighted by atomic mass is 16.5. The molecule has 0 saturated heterocycles. The number of carbonyl (C=O) groups excluding carboxylic acids is 2. The van der Waals surface area contributed by atoms with E-state index in [1.807, 2.05) is 42.5 Å². The van der Waals surface area contributed by atoms with Crippen LogP contribution in [0.1, 0.15) is 52.5 Å². The molecule has 142 valence electrons. The number of hydrogen-bond donors (Lipinski definition) is 0. The molecule has 0 aliphatic carbocycles. The number of unbranched alkanes of at least 4 members (excludes halogenated alkanes) is 2. The van der Waals surface area contributed by atoms with Gasteiger partial charge in [-0.3, -0.25) is 4.79 Å². The lowest BCUT2D eigenvalue weighted by Crippen LogP contribution is -2.13. The van der Waals surface area contributed by atoms with E-state index >= 15 is 0 Å². The Morgan fingerprint density at radius 3 is 2.00 bits per heavy atom. The molecule has 0 fully saturated rings. The van der Waals surface area contributed by atoms with Gasteiger partial charge in [-0.25, -0.2) is 4.79 Å². The fourth-order valence-corrected chi connectivity index (χ4v) is 3.05. The van der Waals surface area contributed by atoms with Gasteiger partial charge in [0.1, 0.15) is 0 Å². The van der Waals surface area contributed by atoms with Crippen LogP contribution in [0.25, 0.3) is 11.1 Å². The summed E-state index contributed by atoms with van der Waals surface area (Å²) in [5.74, 6) is -0.623. The maximum atomic E-state index is 13.0. The molecule has 3 nitrogen and oxygen atoms in total. The average molecular weight is 372 g/mol. The number of ether oxygens (including phenoxy) is 1. The smallest absolute Gasteiger partial charge is 0.338 e. The summed E-state index contributed by atoms with van der Waals surface area (Å²) in [5, 5.41) is 0. The zero-order valence-electron chi connectivity index (χ0n) is 16.1. The Morgan fingerprint density at radius 1 is 0.714 bits per heavy atom. The van der Waals surface area contributed by atoms with Gasteiger partial charge in [-0.15, -0.1) is 0 Å². The molecule has 0 spiro atoms. The molecular weight excluding hydrogens is 348 g/mol. The molecule has 3 aromatic carbocycles. The lowest BCUT2D eigenvalue weighted by Gasteiger charge is -2.10. The van der Waals surface area contributed by atoms with E-state index in [1.165, 1.54) is 0 Å². The molecule has 0 N–H and O–H groups in total. The fourth-order valence-electron chi connectivity index (χ4n) is 3.05. The zero-order valence-corrected chi connectivity index (χ0v) is 16.1. The van der Waals surface area contributed by atoms with Crippen LogP contribution in [0.4, 0.5) is 0 Å². The van der Waals surface area contributed by atoms with Crippen molar-refractivity contribution in [1.82, 2.24) is 0 Å². The third-order valence-electron chi connectivity index (χ3n) is 4.63. The average Bonchev–Trinajstić information content (AvgIpc) is 2.77. The summed E-state index contributed by atoms with van der Waals surface area (Å²) in [6.07, 6.45) is 2.91. The van der Waals surface area contributed by atoms with Gasteiger partial charge in [0.25, 0.3) is 0 Å². The van der Waals surface area contributed by atoms with Crippen molar-refractivity contribution in [2.75, 3.05) is 6.61 Å². The van der Waals surface area contributed by atoms with Crippen molar-refractivity contribution < 1.29 is 14.3 Å². The van der Waals surface area contributed by atoms with Crippen molar-refractivity contribution >= 4 is 11.8 Å². The van der Waals surface area contributed by atoms with Gasteiger partial charge in [0.2, 0.25) is 0 Å². The minimum atomic E-state index is -0.444. The highest BCUT2D eigenvalue weighted by molar-refractivity contribution is 6.14. The van der Waals surface area contributed by atoms with Gasteiger partial charge >= 0.3 is 5.97 Å². The van der Waals surface area contributed by atoms with Gasteiger partial charge in [-0.1, -0.05) is 92.6 Å². The summed E-state index contributed by atoms with van der Waals surface area (Å²) in [5.41, 5.74) is 3.37. The van der Waals surface area contributed by atoms with Crippen molar-refractivity contribution in [3.63, 3.8) is 0 Å². The van der Waals surface area contributed by atoms with Gasteiger partial charge < -0.3 is 4.74 Å². The highest BCUT2D eigenvalue weighted by Gasteiger charge is 2.19. The van der Waals surface area contributed by atoms with E-state index in [0.717, 1.165) is 30.4 Å². The van der Waals surface area contributed by atoms with E-state index in [-0.39, 0.29) is 5.78 Å². The minimum Gasteiger partial charge on any atom is -0.462 e. The van der Waals surface area contributed by atoms with Crippen LogP contribution in [0, 0.1) is 0 Å². The Hall–Kier alpha value is -3.20. The van der Waals surface area contributed by atoms with Crippen LogP contribution in [0.15, 0.2) is 78.9 Å². The predicted octanol–water partition coefficient (Wildman–Crippen LogP) is 5.93. The Balaban J connectivity index is 1.78. The monoisotopic (exact) mass is 372 g/mol. The molecule has 0 atom stereocenters. The normalized spacial score (nSPS) is 10.5. The first-order valence-corrected chi connectivity index (χ1v) is 9.67. The van der Waals surface area contributed by atoms with Crippen LogP contribution < -0.4 is 0 Å². The Kier molecular flexibility index (Phi) is 6.74. The predicted molar refractivity (Wildman–Crippen MR) is 112 cm³/mol. The third kappa shape index (κ3) is 4.74. The van der Waals surface area contributed by atoms with E-state index in [9.17, 15) is 9.59 Å². The molecule has 0 unspecified atom stereocenters. The number of esters is 1. The molecule has 3 heteroatoms. The van der Waals surface area contributed by atoms with Crippen LogP contribution in [0.5, 0.6) is 0 Å². The second kappa shape index (κ2) is 9.65. The molecule has 0 aliphatic rings. The van der Waals surface area contributed by atoms with Crippen LogP contribution in [-0.4, -0.2) is 18.4 Å². The van der Waals surface area contributed by atoms with Crippen molar-refractivity contribution in [3.8, 4) is 11.1 Å². The molecule has 0 bridgehead atoms. The van der Waals surface area contributed by atoms with Crippen LogP contribution in [0.3, 0.4) is 0 Å². The van der Waals surface area contributed by atoms with Crippen molar-refractivity contribution in [3.05, 3.63) is 95.6 Å². The summed E-state index contributed by atoms with van der Waals surface area (Å²) < 4.78 is 5.34. The molecule has 0 heterocycles. The lowest BCUT2D eigenvalue weighted by atomic mass is 9.96. The molecular formula is C25H24O3. The lowest BCUT2D eigenvalue weighted by molar-refractivity contribution is 0.0495. The highest BCUT2D eigenvalue weighted by Crippen LogP contribution is 2.22. The van der Waals surface area contributed by atoms with E-state index < -0.39 is 5.97 Å². The quantitative estimate of drug-likeness (QED) is 0.279. The van der Waals surface area contributed by atoms with Gasteiger partial charge in [-0.05, 0) is 23.6 Å². The number of ketones is 1. The fraction of sp³-hybridized carbons (Fsp3) is 0.200. The molecule has 28 heavy (non-hydrogen) atoms. The van der Waals surface area contributed by atoms with E-state index in [2.05, 4.69) is 6.92 Å². The zero-order chi connectivity index (χ0) is 19.8. The molecule has 0 amide bonds. The minimum absolute atomic E-state index is 0.180. The number of benzene rings is 3. The SMILES string of the molecule is CCCCCOC(=O)c1ccccc1C(=O)c1ccc(-c2ccccc2)cc1. The summed E-state index contributed by atoms with van der Waals surface area (Å²) in [6.45, 7) is 2.47. The molecule has 0 aliphatic heterocycles. The molecule has 0 aromatic heterocycles. The summed E-state index contributed by atoms with van der Waals surface area (Å²) in [4.78, 5) is 25.4. The van der Waals surface area contributed by atoms with Crippen LogP contribution in [-0.2, 0) is 4.74 Å². The first-order chi connectivity index (χ1) is 13.7. The first kappa shape index (κ1) is 19.6. The van der Waals surface area contributed by atoms with E-state index in [4.69, 9.17) is 4.74 Å². The van der Waals surface area contributed by atoms with Crippen LogP contribution in [0.2, 0.25) is 0 Å². The van der Waals surface area contributed by atoms with Crippen molar-refractivity contribution in [2.45, 2.75) is 26.2 Å². The molecule has 0 saturated carbocycles. The molecule has 0 radical (unpaired) electrons. The number of rotatable bonds is 8. The maximum absolute atomic E-state index is 13.0. The number of hydrogen-bond acceptors (Lipinski definition) is 3. The van der Waals surface area contributed by atoms with Crippen molar-refractivity contribution in [2.24, 2.45) is 0 Å². The first-order valence-electron chi connectivity index (χ1n) is 9.67. The largest absolute Gasteiger partial charge is 0.462 e. The van der Waals surface area contributed by atoms with Crippen molar-refractivity contribution in [1.29, 1.82) is 0 Å². The molecule has 3 rings (SSSR count). The second-order valence-electron chi connectivity index (χ2n) is 6.66. The summed E-state index contributed by atoms with van der Waals surface area (Å²) in [7, 11) is 0.